The summed E-state index contributed by atoms with van der Waals surface area (Å²) in [5.74, 6) is -1.50. The Morgan fingerprint density at radius 2 is 1.45 bits per heavy atom. The molecular formula is C34H40N4O6. The standard InChI is InChI=1S/C34H40N4O6/c1-34(2,3)44-33(43)38(23-26-17-11-6-12-18-26)36-32(42)30(40)27(21-24-13-7-4-8-14-24)35-31(41)28-19-20-29(39)37(28)22-25-15-9-5-10-16-25/h4-18,27-28,30,40H,19-23H2,1-3H3,(H,35,41)(H,36,42). The van der Waals surface area contributed by atoms with E-state index in [1.807, 2.05) is 66.7 Å². The van der Waals surface area contributed by atoms with Gasteiger partial charge in [0, 0.05) is 13.0 Å². The molecule has 3 unspecified atom stereocenters. The number of hydrogen-bond acceptors (Lipinski definition) is 6. The maximum atomic E-state index is 13.6. The summed E-state index contributed by atoms with van der Waals surface area (Å²) in [5, 5.41) is 15.2. The minimum absolute atomic E-state index is 0.0114. The summed E-state index contributed by atoms with van der Waals surface area (Å²) in [5.41, 5.74) is 4.07. The van der Waals surface area contributed by atoms with Crippen molar-refractivity contribution in [3.05, 3.63) is 108 Å². The molecule has 1 fully saturated rings. The molecule has 3 aromatic carbocycles. The Labute approximate surface area is 258 Å². The maximum absolute atomic E-state index is 13.6. The van der Waals surface area contributed by atoms with Gasteiger partial charge in [0.15, 0.2) is 6.10 Å². The molecule has 0 spiro atoms. The van der Waals surface area contributed by atoms with Gasteiger partial charge >= 0.3 is 6.09 Å². The van der Waals surface area contributed by atoms with Crippen molar-refractivity contribution in [3.63, 3.8) is 0 Å². The van der Waals surface area contributed by atoms with Gasteiger partial charge in [0.05, 0.1) is 12.6 Å². The van der Waals surface area contributed by atoms with Crippen molar-refractivity contribution in [1.29, 1.82) is 0 Å². The molecule has 10 nitrogen and oxygen atoms in total. The number of ether oxygens (including phenoxy) is 1. The number of carbonyl (C=O) groups is 4. The Morgan fingerprint density at radius 3 is 2.02 bits per heavy atom. The van der Waals surface area contributed by atoms with Gasteiger partial charge in [0.25, 0.3) is 5.91 Å². The first kappa shape index (κ1) is 32.2. The van der Waals surface area contributed by atoms with E-state index in [0.717, 1.165) is 21.7 Å². The number of aliphatic hydroxyl groups is 1. The molecule has 3 N–H and O–H groups in total. The molecular weight excluding hydrogens is 560 g/mol. The van der Waals surface area contributed by atoms with Crippen LogP contribution in [-0.2, 0) is 38.6 Å². The first-order valence-corrected chi connectivity index (χ1v) is 14.7. The van der Waals surface area contributed by atoms with E-state index in [1.165, 1.54) is 4.90 Å². The molecule has 3 atom stereocenters. The van der Waals surface area contributed by atoms with Crippen molar-refractivity contribution in [2.45, 2.75) is 76.9 Å². The van der Waals surface area contributed by atoms with Gasteiger partial charge in [-0.1, -0.05) is 91.0 Å². The fourth-order valence-electron chi connectivity index (χ4n) is 4.99. The number of nitrogens with zero attached hydrogens (tertiary/aromatic N) is 2. The molecule has 4 rings (SSSR count). The predicted octanol–water partition coefficient (Wildman–Crippen LogP) is 3.73. The van der Waals surface area contributed by atoms with Gasteiger partial charge in [-0.25, -0.2) is 9.80 Å². The summed E-state index contributed by atoms with van der Waals surface area (Å²) in [4.78, 5) is 54.4. The van der Waals surface area contributed by atoms with Crippen LogP contribution in [0.25, 0.3) is 0 Å². The lowest BCUT2D eigenvalue weighted by Gasteiger charge is -2.31. The Balaban J connectivity index is 1.53. The number of rotatable bonds is 10. The van der Waals surface area contributed by atoms with Gasteiger partial charge in [-0.2, -0.15) is 0 Å². The number of hydrazine groups is 1. The maximum Gasteiger partial charge on any atom is 0.429 e. The van der Waals surface area contributed by atoms with E-state index in [4.69, 9.17) is 4.74 Å². The van der Waals surface area contributed by atoms with E-state index in [9.17, 15) is 24.3 Å². The summed E-state index contributed by atoms with van der Waals surface area (Å²) >= 11 is 0. The lowest BCUT2D eigenvalue weighted by molar-refractivity contribution is -0.139. The van der Waals surface area contributed by atoms with E-state index >= 15 is 0 Å². The first-order valence-electron chi connectivity index (χ1n) is 14.7. The third-order valence-electron chi connectivity index (χ3n) is 7.15. The fraction of sp³-hybridized carbons (Fsp3) is 0.353. The number of amides is 4. The summed E-state index contributed by atoms with van der Waals surface area (Å²) in [7, 11) is 0. The molecule has 3 aromatic rings. The second-order valence-corrected chi connectivity index (χ2v) is 11.8. The minimum Gasteiger partial charge on any atom is -0.442 e. The van der Waals surface area contributed by atoms with Crippen LogP contribution in [-0.4, -0.2) is 62.6 Å². The molecule has 1 aliphatic heterocycles. The van der Waals surface area contributed by atoms with Crippen molar-refractivity contribution >= 4 is 23.8 Å². The Bertz CT molecular complexity index is 1410. The number of carbonyl (C=O) groups excluding carboxylic acids is 4. The van der Waals surface area contributed by atoms with Crippen LogP contribution in [0.1, 0.15) is 50.3 Å². The molecule has 10 heteroatoms. The largest absolute Gasteiger partial charge is 0.442 e. The third kappa shape index (κ3) is 9.15. The molecule has 0 saturated carbocycles. The summed E-state index contributed by atoms with van der Waals surface area (Å²) in [6, 6.07) is 25.7. The van der Waals surface area contributed by atoms with Gasteiger partial charge < -0.3 is 20.1 Å². The van der Waals surface area contributed by atoms with Crippen LogP contribution < -0.4 is 10.7 Å². The number of likely N-dealkylation sites (tertiary alicyclic amines) is 1. The van der Waals surface area contributed by atoms with Gasteiger partial charge in [-0.15, -0.1) is 0 Å². The van der Waals surface area contributed by atoms with Gasteiger partial charge in [0.2, 0.25) is 11.8 Å². The van der Waals surface area contributed by atoms with Gasteiger partial charge in [-0.05, 0) is 50.3 Å². The zero-order valence-corrected chi connectivity index (χ0v) is 25.3. The molecule has 1 heterocycles. The summed E-state index contributed by atoms with van der Waals surface area (Å²) < 4.78 is 5.50. The van der Waals surface area contributed by atoms with Crippen LogP contribution >= 0.6 is 0 Å². The van der Waals surface area contributed by atoms with E-state index in [1.54, 1.807) is 45.0 Å². The quantitative estimate of drug-likeness (QED) is 0.304. The number of hydrogen-bond donors (Lipinski definition) is 3. The Kier molecular flexibility index (Phi) is 10.7. The predicted molar refractivity (Wildman–Crippen MR) is 164 cm³/mol. The Hall–Kier alpha value is -4.70. The molecule has 0 aliphatic carbocycles. The van der Waals surface area contributed by atoms with Gasteiger partial charge in [-0.3, -0.25) is 19.8 Å². The number of nitrogens with one attached hydrogen (secondary N) is 2. The highest BCUT2D eigenvalue weighted by molar-refractivity contribution is 5.92. The lowest BCUT2D eigenvalue weighted by atomic mass is 10.00. The normalized spacial score (nSPS) is 16.1. The monoisotopic (exact) mass is 600 g/mol. The molecule has 1 saturated heterocycles. The van der Waals surface area contributed by atoms with Gasteiger partial charge in [0.1, 0.15) is 11.6 Å². The SMILES string of the molecule is CC(C)(C)OC(=O)N(Cc1ccccc1)NC(=O)C(O)C(Cc1ccccc1)NC(=O)C1CCC(=O)N1Cc1ccccc1. The van der Waals surface area contributed by atoms with Crippen LogP contribution in [0.3, 0.4) is 0 Å². The van der Waals surface area contributed by atoms with E-state index in [2.05, 4.69) is 10.7 Å². The highest BCUT2D eigenvalue weighted by Gasteiger charge is 2.39. The Morgan fingerprint density at radius 1 is 0.909 bits per heavy atom. The zero-order chi connectivity index (χ0) is 31.7. The topological polar surface area (TPSA) is 128 Å². The van der Waals surface area contributed by atoms with Crippen LogP contribution in [0.4, 0.5) is 4.79 Å². The lowest BCUT2D eigenvalue weighted by Crippen LogP contribution is -2.58. The van der Waals surface area contributed by atoms with E-state index < -0.39 is 41.7 Å². The summed E-state index contributed by atoms with van der Waals surface area (Å²) in [6.07, 6.45) is -1.86. The van der Waals surface area contributed by atoms with Crippen molar-refractivity contribution in [2.75, 3.05) is 0 Å². The van der Waals surface area contributed by atoms with Crippen molar-refractivity contribution in [1.82, 2.24) is 20.7 Å². The van der Waals surface area contributed by atoms with Crippen LogP contribution in [0.5, 0.6) is 0 Å². The second-order valence-electron chi connectivity index (χ2n) is 11.8. The second kappa shape index (κ2) is 14.7. The molecule has 1 aliphatic rings. The molecule has 44 heavy (non-hydrogen) atoms. The number of aliphatic hydroxyl groups excluding tert-OH is 1. The highest BCUT2D eigenvalue weighted by Crippen LogP contribution is 2.22. The average Bonchev–Trinajstić information content (AvgIpc) is 3.36. The van der Waals surface area contributed by atoms with Crippen LogP contribution in [0.15, 0.2) is 91.0 Å². The summed E-state index contributed by atoms with van der Waals surface area (Å²) in [6.45, 7) is 5.39. The fourth-order valence-corrected chi connectivity index (χ4v) is 4.99. The average molecular weight is 601 g/mol. The van der Waals surface area contributed by atoms with Crippen LogP contribution in [0.2, 0.25) is 0 Å². The first-order chi connectivity index (χ1) is 21.0. The molecule has 232 valence electrons. The smallest absolute Gasteiger partial charge is 0.429 e. The minimum atomic E-state index is -1.74. The molecule has 0 radical (unpaired) electrons. The molecule has 0 bridgehead atoms. The third-order valence-corrected chi connectivity index (χ3v) is 7.15. The molecule has 0 aromatic heterocycles. The molecule has 4 amide bonds. The zero-order valence-electron chi connectivity index (χ0n) is 25.3. The van der Waals surface area contributed by atoms with Crippen molar-refractivity contribution < 1.29 is 29.0 Å². The van der Waals surface area contributed by atoms with E-state index in [-0.39, 0.29) is 31.8 Å². The van der Waals surface area contributed by atoms with Crippen LogP contribution in [0, 0.1) is 0 Å². The van der Waals surface area contributed by atoms with Crippen molar-refractivity contribution in [3.8, 4) is 0 Å². The highest BCUT2D eigenvalue weighted by atomic mass is 16.6. The van der Waals surface area contributed by atoms with E-state index in [0.29, 0.717) is 6.42 Å². The van der Waals surface area contributed by atoms with Crippen molar-refractivity contribution in [2.24, 2.45) is 0 Å². The number of benzene rings is 3.